The van der Waals surface area contributed by atoms with Gasteiger partial charge >= 0.3 is 0 Å². The van der Waals surface area contributed by atoms with E-state index in [2.05, 4.69) is 41.0 Å². The quantitative estimate of drug-likeness (QED) is 0.738. The molecule has 6 heteroatoms. The first-order valence-electron chi connectivity index (χ1n) is 10.9. The van der Waals surface area contributed by atoms with E-state index in [9.17, 15) is 4.79 Å². The molecule has 1 aromatic carbocycles. The Hall–Kier alpha value is -2.50. The van der Waals surface area contributed by atoms with Gasteiger partial charge in [0, 0.05) is 42.6 Å². The van der Waals surface area contributed by atoms with Crippen molar-refractivity contribution in [2.75, 3.05) is 13.1 Å². The first-order chi connectivity index (χ1) is 15.0. The zero-order valence-electron chi connectivity index (χ0n) is 18.3. The average Bonchev–Trinajstić information content (AvgIpc) is 3.23. The van der Waals surface area contributed by atoms with E-state index in [4.69, 9.17) is 11.6 Å². The number of likely N-dealkylation sites (tertiary alicyclic amines) is 1. The van der Waals surface area contributed by atoms with Crippen LogP contribution in [0.5, 0.6) is 0 Å². The SMILES string of the molecule is CC1=C(c2ccncc2)C(c2ccc(Cl)cc2)C(=O)N=C1N1CCCC1CNC(C)C. The van der Waals surface area contributed by atoms with Gasteiger partial charge in [-0.1, -0.05) is 37.6 Å². The van der Waals surface area contributed by atoms with Crippen molar-refractivity contribution in [2.45, 2.75) is 51.6 Å². The van der Waals surface area contributed by atoms with E-state index in [1.54, 1.807) is 12.4 Å². The number of carbonyl (C=O) groups is 1. The molecule has 0 aliphatic carbocycles. The topological polar surface area (TPSA) is 57.6 Å². The van der Waals surface area contributed by atoms with Crippen LogP contribution in [-0.2, 0) is 4.79 Å². The van der Waals surface area contributed by atoms with Gasteiger partial charge in [0.25, 0.3) is 5.91 Å². The summed E-state index contributed by atoms with van der Waals surface area (Å²) in [6, 6.07) is 12.2. The molecule has 0 saturated carbocycles. The summed E-state index contributed by atoms with van der Waals surface area (Å²) in [5.74, 6) is 0.241. The van der Waals surface area contributed by atoms with Crippen molar-refractivity contribution >= 4 is 28.9 Å². The minimum absolute atomic E-state index is 0.128. The minimum atomic E-state index is -0.446. The summed E-state index contributed by atoms with van der Waals surface area (Å²) >= 11 is 6.10. The highest BCUT2D eigenvalue weighted by molar-refractivity contribution is 6.30. The molecule has 1 fully saturated rings. The molecule has 2 unspecified atom stereocenters. The third kappa shape index (κ3) is 4.58. The van der Waals surface area contributed by atoms with E-state index in [1.165, 1.54) is 0 Å². The summed E-state index contributed by atoms with van der Waals surface area (Å²) in [6.07, 6.45) is 5.76. The molecule has 0 bridgehead atoms. The van der Waals surface area contributed by atoms with E-state index >= 15 is 0 Å². The van der Waals surface area contributed by atoms with Gasteiger partial charge < -0.3 is 10.2 Å². The summed E-state index contributed by atoms with van der Waals surface area (Å²) in [7, 11) is 0. The van der Waals surface area contributed by atoms with E-state index < -0.39 is 5.92 Å². The Bertz CT molecular complexity index is 998. The maximum atomic E-state index is 13.4. The largest absolute Gasteiger partial charge is 0.352 e. The predicted octanol–water partition coefficient (Wildman–Crippen LogP) is 4.69. The van der Waals surface area contributed by atoms with Crippen LogP contribution in [0.1, 0.15) is 50.7 Å². The molecule has 5 nitrogen and oxygen atoms in total. The predicted molar refractivity (Wildman–Crippen MR) is 126 cm³/mol. The number of hydrogen-bond donors (Lipinski definition) is 1. The highest BCUT2D eigenvalue weighted by Crippen LogP contribution is 2.40. The molecule has 2 aliphatic heterocycles. The monoisotopic (exact) mass is 436 g/mol. The van der Waals surface area contributed by atoms with Gasteiger partial charge in [-0.25, -0.2) is 0 Å². The van der Waals surface area contributed by atoms with Gasteiger partial charge in [-0.3, -0.25) is 9.78 Å². The number of carbonyl (C=O) groups excluding carboxylic acids is 1. The number of nitrogens with one attached hydrogen (secondary N) is 1. The van der Waals surface area contributed by atoms with Gasteiger partial charge in [-0.05, 0) is 66.3 Å². The molecule has 2 aliphatic rings. The van der Waals surface area contributed by atoms with Crippen molar-refractivity contribution in [3.05, 3.63) is 70.5 Å². The molecule has 1 saturated heterocycles. The Morgan fingerprint density at radius 3 is 2.55 bits per heavy atom. The van der Waals surface area contributed by atoms with Crippen LogP contribution in [0.3, 0.4) is 0 Å². The lowest BCUT2D eigenvalue weighted by Gasteiger charge is -2.34. The van der Waals surface area contributed by atoms with Crippen molar-refractivity contribution in [1.29, 1.82) is 0 Å². The third-order valence-electron chi connectivity index (χ3n) is 6.10. The number of nitrogens with zero attached hydrogens (tertiary/aromatic N) is 3. The molecular weight excluding hydrogens is 408 g/mol. The smallest absolute Gasteiger partial charge is 0.259 e. The number of rotatable bonds is 5. The van der Waals surface area contributed by atoms with Gasteiger partial charge in [0.2, 0.25) is 0 Å². The van der Waals surface area contributed by atoms with Crippen molar-refractivity contribution in [3.8, 4) is 0 Å². The van der Waals surface area contributed by atoms with Crippen LogP contribution < -0.4 is 5.32 Å². The molecular formula is C25H29ClN4O. The molecule has 3 heterocycles. The van der Waals surface area contributed by atoms with Crippen molar-refractivity contribution in [3.63, 3.8) is 0 Å². The van der Waals surface area contributed by atoms with E-state index in [0.717, 1.165) is 54.0 Å². The van der Waals surface area contributed by atoms with Gasteiger partial charge in [-0.15, -0.1) is 0 Å². The Balaban J connectivity index is 1.77. The lowest BCUT2D eigenvalue weighted by atomic mass is 9.81. The molecule has 31 heavy (non-hydrogen) atoms. The number of pyridine rings is 1. The Morgan fingerprint density at radius 1 is 1.16 bits per heavy atom. The second-order valence-electron chi connectivity index (χ2n) is 8.59. The van der Waals surface area contributed by atoms with Crippen LogP contribution in [0, 0.1) is 0 Å². The Kier molecular flexibility index (Phi) is 6.54. The van der Waals surface area contributed by atoms with E-state index in [0.29, 0.717) is 17.1 Å². The highest BCUT2D eigenvalue weighted by atomic mass is 35.5. The van der Waals surface area contributed by atoms with Gasteiger partial charge in [-0.2, -0.15) is 4.99 Å². The number of halogens is 1. The maximum Gasteiger partial charge on any atom is 0.259 e. The van der Waals surface area contributed by atoms with Crippen LogP contribution in [-0.4, -0.2) is 46.8 Å². The molecule has 2 atom stereocenters. The summed E-state index contributed by atoms with van der Waals surface area (Å²) in [6.45, 7) is 8.22. The number of hydrogen-bond acceptors (Lipinski definition) is 4. The molecule has 0 spiro atoms. The normalized spacial score (nSPS) is 21.8. The van der Waals surface area contributed by atoms with Crippen LogP contribution >= 0.6 is 11.6 Å². The second kappa shape index (κ2) is 9.33. The molecule has 1 N–H and O–H groups in total. The number of aromatic nitrogens is 1. The molecule has 0 radical (unpaired) electrons. The van der Waals surface area contributed by atoms with Gasteiger partial charge in [0.05, 0.1) is 5.92 Å². The number of dihydropyridines is 1. The minimum Gasteiger partial charge on any atom is -0.352 e. The summed E-state index contributed by atoms with van der Waals surface area (Å²) in [5.41, 5.74) is 3.97. The zero-order chi connectivity index (χ0) is 22.0. The first kappa shape index (κ1) is 21.7. The fourth-order valence-corrected chi connectivity index (χ4v) is 4.70. The summed E-state index contributed by atoms with van der Waals surface area (Å²) in [4.78, 5) is 24.6. The zero-order valence-corrected chi connectivity index (χ0v) is 19.1. The molecule has 162 valence electrons. The lowest BCUT2D eigenvalue weighted by Crippen LogP contribution is -2.45. The Labute approximate surface area is 189 Å². The van der Waals surface area contributed by atoms with Crippen molar-refractivity contribution in [1.82, 2.24) is 15.2 Å². The fourth-order valence-electron chi connectivity index (χ4n) is 4.57. The van der Waals surface area contributed by atoms with Crippen LogP contribution in [0.15, 0.2) is 59.4 Å². The number of amidine groups is 1. The van der Waals surface area contributed by atoms with Gasteiger partial charge in [0.1, 0.15) is 5.84 Å². The average molecular weight is 437 g/mol. The van der Waals surface area contributed by atoms with Crippen molar-refractivity contribution < 1.29 is 4.79 Å². The maximum absolute atomic E-state index is 13.4. The second-order valence-corrected chi connectivity index (χ2v) is 9.02. The molecule has 4 rings (SSSR count). The molecule has 1 amide bonds. The Morgan fingerprint density at radius 2 is 1.87 bits per heavy atom. The lowest BCUT2D eigenvalue weighted by molar-refractivity contribution is -0.118. The third-order valence-corrected chi connectivity index (χ3v) is 6.35. The molecule has 2 aromatic rings. The first-order valence-corrected chi connectivity index (χ1v) is 11.3. The fraction of sp³-hybridized carbons (Fsp3) is 0.400. The summed E-state index contributed by atoms with van der Waals surface area (Å²) in [5, 5.41) is 4.20. The van der Waals surface area contributed by atoms with Gasteiger partial charge in [0.15, 0.2) is 0 Å². The van der Waals surface area contributed by atoms with Crippen molar-refractivity contribution in [2.24, 2.45) is 4.99 Å². The molecule has 1 aromatic heterocycles. The number of benzene rings is 1. The van der Waals surface area contributed by atoms with E-state index in [-0.39, 0.29) is 5.91 Å². The van der Waals surface area contributed by atoms with Crippen LogP contribution in [0.4, 0.5) is 0 Å². The number of amides is 1. The number of aliphatic imine (C=N–C) groups is 1. The van der Waals surface area contributed by atoms with Crippen LogP contribution in [0.2, 0.25) is 5.02 Å². The van der Waals surface area contributed by atoms with E-state index in [1.807, 2.05) is 36.4 Å². The highest BCUT2D eigenvalue weighted by Gasteiger charge is 2.37. The van der Waals surface area contributed by atoms with Crippen LogP contribution in [0.25, 0.3) is 5.57 Å². The summed E-state index contributed by atoms with van der Waals surface area (Å²) < 4.78 is 0. The standard InChI is InChI=1S/C25H29ClN4O/c1-16(2)28-15-21-5-4-14-30(21)24-17(3)22(19-10-12-27-13-11-19)23(25(31)29-24)18-6-8-20(26)9-7-18/h6-13,16,21,23,28H,4-5,14-15H2,1-3H3.